The van der Waals surface area contributed by atoms with Gasteiger partial charge in [0, 0.05) is 29.3 Å². The van der Waals surface area contributed by atoms with Crippen molar-refractivity contribution in [2.45, 2.75) is 0 Å². The Hall–Kier alpha value is -5.91. The van der Waals surface area contributed by atoms with Gasteiger partial charge in [-0.3, -0.25) is 5.41 Å². The molecular weight excluding hydrogens is 552 g/mol. The summed E-state index contributed by atoms with van der Waals surface area (Å²) in [5, 5.41) is 10.6. The SMILES string of the molecule is CNOC(=N)c1cccc(-c2cc(-c3cccc(-c4cc(-c5ccccc5)nc(-c5ccccc5)n4)c3)c3ccccc3c2)c1. The highest BCUT2D eigenvalue weighted by atomic mass is 16.6. The van der Waals surface area contributed by atoms with Gasteiger partial charge in [-0.15, -0.1) is 0 Å². The number of hydroxylamine groups is 1. The molecule has 6 aromatic carbocycles. The van der Waals surface area contributed by atoms with Crippen molar-refractivity contribution in [3.8, 4) is 56.2 Å². The van der Waals surface area contributed by atoms with Crippen molar-refractivity contribution in [3.05, 3.63) is 157 Å². The molecule has 0 saturated heterocycles. The Kier molecular flexibility index (Phi) is 7.67. The Labute approximate surface area is 262 Å². The van der Waals surface area contributed by atoms with E-state index in [0.717, 1.165) is 55.7 Å². The van der Waals surface area contributed by atoms with Crippen molar-refractivity contribution in [1.29, 1.82) is 5.41 Å². The van der Waals surface area contributed by atoms with Crippen LogP contribution >= 0.6 is 0 Å². The topological polar surface area (TPSA) is 70.9 Å². The van der Waals surface area contributed by atoms with Crippen LogP contribution < -0.4 is 5.48 Å². The average molecular weight is 583 g/mol. The maximum absolute atomic E-state index is 8.25. The lowest BCUT2D eigenvalue weighted by molar-refractivity contribution is 0.208. The highest BCUT2D eigenvalue weighted by molar-refractivity contribution is 6.01. The third-order valence-corrected chi connectivity index (χ3v) is 7.82. The van der Waals surface area contributed by atoms with Crippen LogP contribution in [0, 0.1) is 5.41 Å². The molecule has 7 rings (SSSR count). The van der Waals surface area contributed by atoms with Gasteiger partial charge in [-0.25, -0.2) is 9.97 Å². The first-order chi connectivity index (χ1) is 22.2. The number of nitrogens with zero attached hydrogens (tertiary/aromatic N) is 2. The van der Waals surface area contributed by atoms with Gasteiger partial charge in [-0.2, -0.15) is 5.48 Å². The molecule has 1 heterocycles. The Morgan fingerprint density at radius 2 is 1.16 bits per heavy atom. The third-order valence-electron chi connectivity index (χ3n) is 7.82. The summed E-state index contributed by atoms with van der Waals surface area (Å²) in [5.41, 5.74) is 12.4. The molecular formula is C40H30N4O. The molecule has 0 saturated carbocycles. The summed E-state index contributed by atoms with van der Waals surface area (Å²) >= 11 is 0. The van der Waals surface area contributed by atoms with Crippen LogP contribution in [0.1, 0.15) is 5.56 Å². The first-order valence-corrected chi connectivity index (χ1v) is 14.8. The van der Waals surface area contributed by atoms with Crippen molar-refractivity contribution in [1.82, 2.24) is 15.4 Å². The summed E-state index contributed by atoms with van der Waals surface area (Å²) in [6, 6.07) is 51.8. The van der Waals surface area contributed by atoms with Gasteiger partial charge in [0.2, 0.25) is 5.90 Å². The number of aromatic nitrogens is 2. The van der Waals surface area contributed by atoms with Gasteiger partial charge in [-0.05, 0) is 69.4 Å². The third kappa shape index (κ3) is 5.85. The van der Waals surface area contributed by atoms with Crippen molar-refractivity contribution in [2.75, 3.05) is 7.05 Å². The second kappa shape index (κ2) is 12.4. The Morgan fingerprint density at radius 1 is 0.533 bits per heavy atom. The van der Waals surface area contributed by atoms with E-state index < -0.39 is 0 Å². The van der Waals surface area contributed by atoms with Gasteiger partial charge in [-0.1, -0.05) is 115 Å². The zero-order chi connectivity index (χ0) is 30.6. The van der Waals surface area contributed by atoms with E-state index in [9.17, 15) is 0 Å². The number of fused-ring (bicyclic) bond motifs is 1. The van der Waals surface area contributed by atoms with Crippen molar-refractivity contribution in [2.24, 2.45) is 0 Å². The lowest BCUT2D eigenvalue weighted by Crippen LogP contribution is -2.15. The molecule has 5 heteroatoms. The van der Waals surface area contributed by atoms with E-state index in [-0.39, 0.29) is 5.90 Å². The van der Waals surface area contributed by atoms with Crippen LogP contribution in [0.15, 0.2) is 152 Å². The minimum Gasteiger partial charge on any atom is -0.389 e. The molecule has 7 aromatic rings. The molecule has 0 amide bonds. The van der Waals surface area contributed by atoms with Crippen LogP contribution in [0.2, 0.25) is 0 Å². The second-order valence-corrected chi connectivity index (χ2v) is 10.7. The van der Waals surface area contributed by atoms with Crippen LogP contribution in [0.3, 0.4) is 0 Å². The largest absolute Gasteiger partial charge is 0.389 e. The lowest BCUT2D eigenvalue weighted by atomic mass is 9.91. The van der Waals surface area contributed by atoms with Crippen LogP contribution in [0.25, 0.3) is 66.9 Å². The van der Waals surface area contributed by atoms with E-state index in [4.69, 9.17) is 20.2 Å². The molecule has 5 nitrogen and oxygen atoms in total. The minimum atomic E-state index is 0.0719. The van der Waals surface area contributed by atoms with Gasteiger partial charge in [0.1, 0.15) is 0 Å². The molecule has 45 heavy (non-hydrogen) atoms. The number of nitrogens with one attached hydrogen (secondary N) is 2. The van der Waals surface area contributed by atoms with E-state index in [0.29, 0.717) is 11.4 Å². The van der Waals surface area contributed by atoms with Crippen molar-refractivity contribution in [3.63, 3.8) is 0 Å². The molecule has 216 valence electrons. The fourth-order valence-electron chi connectivity index (χ4n) is 5.63. The molecule has 2 N–H and O–H groups in total. The molecule has 0 bridgehead atoms. The molecule has 0 fully saturated rings. The highest BCUT2D eigenvalue weighted by Crippen LogP contribution is 2.36. The van der Waals surface area contributed by atoms with E-state index in [2.05, 4.69) is 90.4 Å². The first-order valence-electron chi connectivity index (χ1n) is 14.8. The van der Waals surface area contributed by atoms with Gasteiger partial charge in [0.15, 0.2) is 5.82 Å². The molecule has 0 unspecified atom stereocenters. The molecule has 0 spiro atoms. The summed E-state index contributed by atoms with van der Waals surface area (Å²) in [6.07, 6.45) is 0. The quantitative estimate of drug-likeness (QED) is 0.112. The second-order valence-electron chi connectivity index (χ2n) is 10.7. The van der Waals surface area contributed by atoms with Gasteiger partial charge in [0.25, 0.3) is 0 Å². The fraction of sp³-hybridized carbons (Fsp3) is 0.0250. The zero-order valence-electron chi connectivity index (χ0n) is 24.7. The monoisotopic (exact) mass is 582 g/mol. The summed E-state index contributed by atoms with van der Waals surface area (Å²) < 4.78 is 0. The summed E-state index contributed by atoms with van der Waals surface area (Å²) in [4.78, 5) is 15.2. The Bertz CT molecular complexity index is 2080. The molecule has 0 atom stereocenters. The fourth-order valence-corrected chi connectivity index (χ4v) is 5.63. The summed E-state index contributed by atoms with van der Waals surface area (Å²) in [7, 11) is 1.65. The smallest absolute Gasteiger partial charge is 0.237 e. The standard InChI is InChI=1S/C40H30N4O/c1-42-45-39(41)33-20-10-17-29(22-33)34-24-30-16-8-9-21-35(30)36(25-34)31-18-11-19-32(23-31)38-26-37(27-12-4-2-5-13-27)43-40(44-38)28-14-6-3-7-15-28/h2-26,41-42H,1H3. The number of hydrogen-bond donors (Lipinski definition) is 2. The summed E-state index contributed by atoms with van der Waals surface area (Å²) in [5.74, 6) is 0.764. The van der Waals surface area contributed by atoms with Crippen molar-refractivity contribution < 1.29 is 4.84 Å². The highest BCUT2D eigenvalue weighted by Gasteiger charge is 2.14. The zero-order valence-corrected chi connectivity index (χ0v) is 24.7. The molecule has 1 aromatic heterocycles. The minimum absolute atomic E-state index is 0.0719. The average Bonchev–Trinajstić information content (AvgIpc) is 3.12. The van der Waals surface area contributed by atoms with Crippen LogP contribution in [0.5, 0.6) is 0 Å². The van der Waals surface area contributed by atoms with Crippen LogP contribution in [-0.4, -0.2) is 22.9 Å². The maximum Gasteiger partial charge on any atom is 0.237 e. The van der Waals surface area contributed by atoms with Gasteiger partial charge < -0.3 is 4.84 Å². The lowest BCUT2D eigenvalue weighted by Gasteiger charge is -2.14. The molecule has 0 radical (unpaired) electrons. The summed E-state index contributed by atoms with van der Waals surface area (Å²) in [6.45, 7) is 0. The van der Waals surface area contributed by atoms with Gasteiger partial charge in [0.05, 0.1) is 11.4 Å². The van der Waals surface area contributed by atoms with E-state index in [1.165, 1.54) is 5.39 Å². The molecule has 0 aliphatic rings. The molecule has 0 aliphatic heterocycles. The van der Waals surface area contributed by atoms with Crippen LogP contribution in [-0.2, 0) is 4.84 Å². The van der Waals surface area contributed by atoms with E-state index >= 15 is 0 Å². The van der Waals surface area contributed by atoms with E-state index in [1.54, 1.807) is 7.05 Å². The maximum atomic E-state index is 8.25. The number of rotatable bonds is 7. The van der Waals surface area contributed by atoms with Crippen LogP contribution in [0.4, 0.5) is 0 Å². The predicted molar refractivity (Wildman–Crippen MR) is 184 cm³/mol. The predicted octanol–water partition coefficient (Wildman–Crippen LogP) is 9.44. The normalized spacial score (nSPS) is 11.0. The number of benzene rings is 6. The first kappa shape index (κ1) is 27.9. The Balaban J connectivity index is 1.37. The van der Waals surface area contributed by atoms with E-state index in [1.807, 2.05) is 66.7 Å². The molecule has 0 aliphatic carbocycles. The number of hydrogen-bond acceptors (Lipinski definition) is 5. The Morgan fingerprint density at radius 3 is 1.93 bits per heavy atom. The van der Waals surface area contributed by atoms with Crippen molar-refractivity contribution >= 4 is 16.7 Å². The van der Waals surface area contributed by atoms with Gasteiger partial charge >= 0.3 is 0 Å².